The van der Waals surface area contributed by atoms with Gasteiger partial charge in [0.05, 0.1) is 16.4 Å². The van der Waals surface area contributed by atoms with Gasteiger partial charge in [-0.05, 0) is 62.3 Å². The van der Waals surface area contributed by atoms with Crippen molar-refractivity contribution in [1.29, 1.82) is 0 Å². The van der Waals surface area contributed by atoms with Gasteiger partial charge < -0.3 is 9.05 Å². The molecule has 0 rings (SSSR count). The molecule has 4 heteroatoms. The molecule has 0 amide bonds. The Labute approximate surface area is 100 Å². The molecule has 0 radical (unpaired) electrons. The third kappa shape index (κ3) is 5.47. The van der Waals surface area contributed by atoms with Gasteiger partial charge in [0, 0.05) is 0 Å². The normalized spacial score (nSPS) is 15.3. The van der Waals surface area contributed by atoms with E-state index in [9.17, 15) is 4.57 Å². The van der Waals surface area contributed by atoms with Crippen molar-refractivity contribution in [3.05, 3.63) is 0 Å². The van der Waals surface area contributed by atoms with Gasteiger partial charge in [-0.1, -0.05) is 0 Å². The minimum atomic E-state index is -3.15. The highest BCUT2D eigenvalue weighted by Crippen LogP contribution is 2.63. The zero-order valence-corrected chi connectivity index (χ0v) is 13.1. The van der Waals surface area contributed by atoms with Crippen LogP contribution in [0.5, 0.6) is 0 Å². The average molecular weight is 250 g/mol. The SMILES string of the molecule is CC(C)(C)OP(=O)(OC(C)(C)C)C(C)(C)C. The molecule has 3 nitrogen and oxygen atoms in total. The maximum atomic E-state index is 12.8. The van der Waals surface area contributed by atoms with Gasteiger partial charge in [-0.25, -0.2) is 0 Å². The van der Waals surface area contributed by atoms with Crippen LogP contribution in [0.15, 0.2) is 0 Å². The zero-order chi connectivity index (χ0) is 13.4. The minimum Gasteiger partial charge on any atom is -0.302 e. The highest BCUT2D eigenvalue weighted by Gasteiger charge is 2.45. The quantitative estimate of drug-likeness (QED) is 0.671. The van der Waals surface area contributed by atoms with Gasteiger partial charge in [-0.2, -0.15) is 0 Å². The predicted molar refractivity (Wildman–Crippen MR) is 69.0 cm³/mol. The summed E-state index contributed by atoms with van der Waals surface area (Å²) in [6.45, 7) is 17.0. The van der Waals surface area contributed by atoms with Crippen LogP contribution in [0.3, 0.4) is 0 Å². The van der Waals surface area contributed by atoms with Crippen molar-refractivity contribution in [3.8, 4) is 0 Å². The molecule has 0 bridgehead atoms. The standard InChI is InChI=1S/C12H27O3P/c1-10(2,3)14-16(13,12(7,8)9)15-11(4,5)6/h1-9H3. The van der Waals surface area contributed by atoms with Gasteiger partial charge >= 0.3 is 7.60 Å². The molecule has 0 aliphatic rings. The molecule has 0 aromatic rings. The Morgan fingerprint density at radius 1 is 0.688 bits per heavy atom. The van der Waals surface area contributed by atoms with Crippen LogP contribution in [0.25, 0.3) is 0 Å². The Kier molecular flexibility index (Phi) is 4.48. The van der Waals surface area contributed by atoms with E-state index in [-0.39, 0.29) is 0 Å². The highest BCUT2D eigenvalue weighted by molar-refractivity contribution is 7.55. The summed E-state index contributed by atoms with van der Waals surface area (Å²) in [6, 6.07) is 0. The summed E-state index contributed by atoms with van der Waals surface area (Å²) >= 11 is 0. The van der Waals surface area contributed by atoms with Crippen LogP contribution in [0, 0.1) is 0 Å². The molecule has 0 spiro atoms. The number of hydrogen-bond donors (Lipinski definition) is 0. The van der Waals surface area contributed by atoms with E-state index in [0.29, 0.717) is 0 Å². The Balaban J connectivity index is 5.16. The molecule has 0 heterocycles. The lowest BCUT2D eigenvalue weighted by Gasteiger charge is -2.38. The first-order valence-corrected chi connectivity index (χ1v) is 7.22. The molecule has 0 aliphatic heterocycles. The van der Waals surface area contributed by atoms with E-state index in [0.717, 1.165) is 0 Å². The molecular weight excluding hydrogens is 223 g/mol. The molecule has 0 aromatic heterocycles. The van der Waals surface area contributed by atoms with Crippen molar-refractivity contribution in [3.63, 3.8) is 0 Å². The molecule has 0 fully saturated rings. The second-order valence-electron chi connectivity index (χ2n) is 7.08. The maximum absolute atomic E-state index is 12.8. The van der Waals surface area contributed by atoms with Crippen LogP contribution in [-0.4, -0.2) is 16.4 Å². The minimum absolute atomic E-state index is 0.478. The Morgan fingerprint density at radius 3 is 1.06 bits per heavy atom. The van der Waals surface area contributed by atoms with Crippen LogP contribution in [0.2, 0.25) is 0 Å². The third-order valence-corrected chi connectivity index (χ3v) is 4.83. The molecule has 0 saturated heterocycles. The monoisotopic (exact) mass is 250 g/mol. The summed E-state index contributed by atoms with van der Waals surface area (Å²) in [4.78, 5) is 0. The van der Waals surface area contributed by atoms with Crippen LogP contribution in [-0.2, 0) is 13.6 Å². The average Bonchev–Trinajstić information content (AvgIpc) is 1.72. The van der Waals surface area contributed by atoms with Crippen molar-refractivity contribution in [2.24, 2.45) is 0 Å². The first-order valence-electron chi connectivity index (χ1n) is 5.68. The maximum Gasteiger partial charge on any atom is 0.336 e. The van der Waals surface area contributed by atoms with Crippen molar-refractivity contribution in [2.75, 3.05) is 0 Å². The first-order chi connectivity index (χ1) is 6.66. The zero-order valence-electron chi connectivity index (χ0n) is 12.2. The summed E-state index contributed by atoms with van der Waals surface area (Å²) in [5, 5.41) is -0.520. The lowest BCUT2D eigenvalue weighted by Crippen LogP contribution is -2.31. The van der Waals surface area contributed by atoms with Crippen molar-refractivity contribution < 1.29 is 13.6 Å². The van der Waals surface area contributed by atoms with E-state index >= 15 is 0 Å². The van der Waals surface area contributed by atoms with Gasteiger partial charge in [0.1, 0.15) is 0 Å². The number of rotatable bonds is 2. The molecule has 0 aliphatic carbocycles. The van der Waals surface area contributed by atoms with Crippen molar-refractivity contribution in [1.82, 2.24) is 0 Å². The fourth-order valence-corrected chi connectivity index (χ4v) is 3.04. The molecule has 16 heavy (non-hydrogen) atoms. The van der Waals surface area contributed by atoms with E-state index in [1.807, 2.05) is 62.3 Å². The summed E-state index contributed by atoms with van der Waals surface area (Å²) in [5.41, 5.74) is -0.956. The van der Waals surface area contributed by atoms with E-state index in [2.05, 4.69) is 0 Å². The Hall–Kier alpha value is 0.150. The van der Waals surface area contributed by atoms with Crippen LogP contribution >= 0.6 is 7.60 Å². The van der Waals surface area contributed by atoms with Gasteiger partial charge in [-0.3, -0.25) is 4.57 Å². The second-order valence-corrected chi connectivity index (χ2v) is 9.78. The lowest BCUT2D eigenvalue weighted by atomic mass is 10.2. The van der Waals surface area contributed by atoms with Crippen LogP contribution < -0.4 is 0 Å². The van der Waals surface area contributed by atoms with Gasteiger partial charge in [0.2, 0.25) is 0 Å². The van der Waals surface area contributed by atoms with E-state index in [1.165, 1.54) is 0 Å². The number of hydrogen-bond acceptors (Lipinski definition) is 3. The molecule has 98 valence electrons. The summed E-state index contributed by atoms with van der Waals surface area (Å²) < 4.78 is 24.2. The summed E-state index contributed by atoms with van der Waals surface area (Å²) in [6.07, 6.45) is 0. The second kappa shape index (κ2) is 4.44. The molecule has 0 N–H and O–H groups in total. The molecule has 0 saturated carbocycles. The molecule has 0 atom stereocenters. The summed E-state index contributed by atoms with van der Waals surface area (Å²) in [7, 11) is -3.15. The fourth-order valence-electron chi connectivity index (χ4n) is 1.01. The van der Waals surface area contributed by atoms with Gasteiger partial charge in [-0.15, -0.1) is 0 Å². The largest absolute Gasteiger partial charge is 0.336 e. The fraction of sp³-hybridized carbons (Fsp3) is 1.00. The summed E-state index contributed by atoms with van der Waals surface area (Å²) in [5.74, 6) is 0. The topological polar surface area (TPSA) is 35.5 Å². The molecular formula is C12H27O3P. The van der Waals surface area contributed by atoms with E-state index < -0.39 is 24.0 Å². The van der Waals surface area contributed by atoms with Crippen molar-refractivity contribution >= 4 is 7.60 Å². The van der Waals surface area contributed by atoms with Crippen LogP contribution in [0.4, 0.5) is 0 Å². The Bertz CT molecular complexity index is 256. The van der Waals surface area contributed by atoms with Gasteiger partial charge in [0.25, 0.3) is 0 Å². The first kappa shape index (κ1) is 16.1. The van der Waals surface area contributed by atoms with Crippen molar-refractivity contribution in [2.45, 2.75) is 78.7 Å². The van der Waals surface area contributed by atoms with E-state index in [1.54, 1.807) is 0 Å². The van der Waals surface area contributed by atoms with E-state index in [4.69, 9.17) is 9.05 Å². The van der Waals surface area contributed by atoms with Crippen LogP contribution in [0.1, 0.15) is 62.3 Å². The third-order valence-electron chi connectivity index (χ3n) is 1.61. The lowest BCUT2D eigenvalue weighted by molar-refractivity contribution is 0.0410. The Morgan fingerprint density at radius 2 is 0.938 bits per heavy atom. The molecule has 0 unspecified atom stereocenters. The predicted octanol–water partition coefficient (Wildman–Crippen LogP) is 4.61. The highest BCUT2D eigenvalue weighted by atomic mass is 31.2. The van der Waals surface area contributed by atoms with Gasteiger partial charge in [0.15, 0.2) is 0 Å². The smallest absolute Gasteiger partial charge is 0.302 e. The molecule has 0 aromatic carbocycles.